The Morgan fingerprint density at radius 3 is 2.32 bits per heavy atom. The van der Waals surface area contributed by atoms with E-state index in [0.717, 1.165) is 5.56 Å². The van der Waals surface area contributed by atoms with Crippen molar-refractivity contribution in [3.63, 3.8) is 0 Å². The first-order valence-electron chi connectivity index (χ1n) is 12.1. The third-order valence-corrected chi connectivity index (χ3v) is 5.61. The van der Waals surface area contributed by atoms with Gasteiger partial charge in [0.25, 0.3) is 0 Å². The molecule has 0 aliphatic heterocycles. The molecule has 0 aromatic heterocycles. The lowest BCUT2D eigenvalue weighted by Crippen LogP contribution is -2.54. The van der Waals surface area contributed by atoms with E-state index in [2.05, 4.69) is 10.6 Å². The summed E-state index contributed by atoms with van der Waals surface area (Å²) in [6, 6.07) is 12.6. The van der Waals surface area contributed by atoms with Crippen LogP contribution in [0, 0.1) is 0 Å². The van der Waals surface area contributed by atoms with Crippen LogP contribution in [0.5, 0.6) is 5.75 Å². The van der Waals surface area contributed by atoms with Crippen LogP contribution >= 0.6 is 0 Å². The van der Waals surface area contributed by atoms with Crippen molar-refractivity contribution in [1.82, 2.24) is 15.5 Å². The lowest BCUT2D eigenvalue weighted by atomic mass is 10.0. The van der Waals surface area contributed by atoms with Crippen molar-refractivity contribution in [2.24, 2.45) is 5.73 Å². The van der Waals surface area contributed by atoms with Crippen LogP contribution in [0.2, 0.25) is 0 Å². The van der Waals surface area contributed by atoms with Crippen LogP contribution in [0.15, 0.2) is 54.6 Å². The Morgan fingerprint density at radius 2 is 1.76 bits per heavy atom. The van der Waals surface area contributed by atoms with Gasteiger partial charge in [-0.25, -0.2) is 4.79 Å². The highest BCUT2D eigenvalue weighted by Gasteiger charge is 2.44. The van der Waals surface area contributed by atoms with Crippen molar-refractivity contribution in [2.45, 2.75) is 70.3 Å². The molecule has 4 amide bonds. The van der Waals surface area contributed by atoms with Gasteiger partial charge < -0.3 is 31.1 Å². The van der Waals surface area contributed by atoms with Crippen molar-refractivity contribution in [3.8, 4) is 5.75 Å². The molecule has 1 saturated carbocycles. The summed E-state index contributed by atoms with van der Waals surface area (Å²) in [4.78, 5) is 53.1. The molecule has 198 valence electrons. The minimum absolute atomic E-state index is 0.0675. The second-order valence-corrected chi connectivity index (χ2v) is 10.0. The van der Waals surface area contributed by atoms with E-state index in [1.165, 1.54) is 17.0 Å². The molecule has 0 heterocycles. The zero-order valence-corrected chi connectivity index (χ0v) is 21.3. The molecule has 0 bridgehead atoms. The summed E-state index contributed by atoms with van der Waals surface area (Å²) in [5.74, 6) is -1.98. The van der Waals surface area contributed by atoms with E-state index >= 15 is 0 Å². The predicted octanol–water partition coefficient (Wildman–Crippen LogP) is 2.51. The molecule has 37 heavy (non-hydrogen) atoms. The van der Waals surface area contributed by atoms with Gasteiger partial charge in [-0.1, -0.05) is 42.5 Å². The Balaban J connectivity index is 1.93. The van der Waals surface area contributed by atoms with E-state index in [9.17, 15) is 24.3 Å². The van der Waals surface area contributed by atoms with Crippen molar-refractivity contribution < 1.29 is 29.0 Å². The summed E-state index contributed by atoms with van der Waals surface area (Å²) in [5.41, 5.74) is 5.82. The normalized spacial score (nSPS) is 14.7. The van der Waals surface area contributed by atoms with Gasteiger partial charge in [0.1, 0.15) is 23.4 Å². The van der Waals surface area contributed by atoms with Crippen molar-refractivity contribution in [1.29, 1.82) is 0 Å². The fraction of sp³-hybridized carbons (Fsp3) is 0.407. The summed E-state index contributed by atoms with van der Waals surface area (Å²) in [6.45, 7) is 5.23. The Kier molecular flexibility index (Phi) is 8.75. The van der Waals surface area contributed by atoms with Gasteiger partial charge in [0.05, 0.1) is 6.42 Å². The number of amides is 4. The van der Waals surface area contributed by atoms with Crippen LogP contribution in [0.4, 0.5) is 4.79 Å². The number of carbonyl (C=O) groups is 4. The number of phenolic OH excluding ortho intramolecular Hbond substituents is 1. The second-order valence-electron chi connectivity index (χ2n) is 10.0. The predicted molar refractivity (Wildman–Crippen MR) is 136 cm³/mol. The fourth-order valence-corrected chi connectivity index (χ4v) is 3.92. The monoisotopic (exact) mass is 510 g/mol. The number of hydrogen-bond donors (Lipinski definition) is 4. The number of ether oxygens (including phenoxy) is 1. The molecule has 1 aliphatic carbocycles. The van der Waals surface area contributed by atoms with E-state index in [1.54, 1.807) is 32.9 Å². The van der Waals surface area contributed by atoms with Gasteiger partial charge in [-0.05, 0) is 56.9 Å². The van der Waals surface area contributed by atoms with Crippen LogP contribution in [-0.2, 0) is 25.7 Å². The van der Waals surface area contributed by atoms with Crippen LogP contribution < -0.4 is 16.4 Å². The highest BCUT2D eigenvalue weighted by atomic mass is 16.6. The van der Waals surface area contributed by atoms with Crippen LogP contribution in [0.1, 0.15) is 57.2 Å². The molecular weight excluding hydrogens is 476 g/mol. The van der Waals surface area contributed by atoms with Crippen molar-refractivity contribution in [3.05, 3.63) is 65.7 Å². The maximum Gasteiger partial charge on any atom is 0.408 e. The zero-order chi connectivity index (χ0) is 27.2. The van der Waals surface area contributed by atoms with Gasteiger partial charge in [0.2, 0.25) is 17.7 Å². The van der Waals surface area contributed by atoms with Gasteiger partial charge >= 0.3 is 6.09 Å². The van der Waals surface area contributed by atoms with Gasteiger partial charge in [0, 0.05) is 12.6 Å². The number of aromatic hydroxyl groups is 1. The number of alkyl carbamates (subject to hydrolysis) is 1. The van der Waals surface area contributed by atoms with E-state index in [0.29, 0.717) is 18.4 Å². The fourth-order valence-electron chi connectivity index (χ4n) is 3.92. The van der Waals surface area contributed by atoms with Crippen LogP contribution in [0.25, 0.3) is 0 Å². The highest BCUT2D eigenvalue weighted by Crippen LogP contribution is 2.36. The summed E-state index contributed by atoms with van der Waals surface area (Å²) in [5, 5.41) is 15.4. The average molecular weight is 511 g/mol. The van der Waals surface area contributed by atoms with E-state index in [4.69, 9.17) is 10.5 Å². The second kappa shape index (κ2) is 11.8. The van der Waals surface area contributed by atoms with E-state index in [-0.39, 0.29) is 18.3 Å². The molecular formula is C27H34N4O6. The quantitative estimate of drug-likeness (QED) is 0.386. The number of phenols is 1. The largest absolute Gasteiger partial charge is 0.508 e. The molecule has 2 atom stereocenters. The van der Waals surface area contributed by atoms with E-state index in [1.807, 2.05) is 30.3 Å². The molecule has 2 unspecified atom stereocenters. The average Bonchev–Trinajstić information content (AvgIpc) is 3.64. The summed E-state index contributed by atoms with van der Waals surface area (Å²) in [6.07, 6.45) is -0.0733. The smallest absolute Gasteiger partial charge is 0.408 e. The van der Waals surface area contributed by atoms with Crippen LogP contribution in [-0.4, -0.2) is 51.5 Å². The molecule has 0 saturated heterocycles. The summed E-state index contributed by atoms with van der Waals surface area (Å²) < 4.78 is 5.27. The standard InChI is InChI=1S/C27H34N4O6/c1-27(2,3)37-26(36)30-21(15-22(28)33)25(35)31(19-12-13-19)23(18-10-7-11-20(32)14-18)24(34)29-16-17-8-5-4-6-9-17/h4-11,14,19,21,23,32H,12-13,15-16H2,1-3H3,(H2,28,33)(H,29,34)(H,30,36). The lowest BCUT2D eigenvalue weighted by Gasteiger charge is -2.34. The first-order valence-corrected chi connectivity index (χ1v) is 12.1. The third-order valence-electron chi connectivity index (χ3n) is 5.61. The number of carbonyl (C=O) groups excluding carboxylic acids is 4. The maximum atomic E-state index is 13.8. The number of nitrogens with zero attached hydrogens (tertiary/aromatic N) is 1. The molecule has 1 aliphatic rings. The van der Waals surface area contributed by atoms with Gasteiger partial charge in [-0.15, -0.1) is 0 Å². The Bertz CT molecular complexity index is 1130. The maximum absolute atomic E-state index is 13.8. The van der Waals surface area contributed by atoms with Crippen molar-refractivity contribution in [2.75, 3.05) is 0 Å². The highest BCUT2D eigenvalue weighted by molar-refractivity contribution is 5.95. The van der Waals surface area contributed by atoms with Crippen molar-refractivity contribution >= 4 is 23.8 Å². The molecule has 0 spiro atoms. The Hall–Kier alpha value is -4.08. The SMILES string of the molecule is CC(C)(C)OC(=O)NC(CC(N)=O)C(=O)N(C1CC1)C(C(=O)NCc1ccccc1)c1cccc(O)c1. The Morgan fingerprint density at radius 1 is 1.08 bits per heavy atom. The summed E-state index contributed by atoms with van der Waals surface area (Å²) in [7, 11) is 0. The van der Waals surface area contributed by atoms with Gasteiger partial charge in [-0.2, -0.15) is 0 Å². The minimum Gasteiger partial charge on any atom is -0.508 e. The number of nitrogens with one attached hydrogen (secondary N) is 2. The molecule has 1 fully saturated rings. The molecule has 2 aromatic rings. The lowest BCUT2D eigenvalue weighted by molar-refractivity contribution is -0.144. The topological polar surface area (TPSA) is 151 Å². The first kappa shape index (κ1) is 27.5. The third kappa shape index (κ3) is 8.23. The number of rotatable bonds is 10. The molecule has 3 rings (SSSR count). The number of benzene rings is 2. The van der Waals surface area contributed by atoms with Gasteiger partial charge in [-0.3, -0.25) is 14.4 Å². The van der Waals surface area contributed by atoms with Crippen LogP contribution in [0.3, 0.4) is 0 Å². The molecule has 10 nitrogen and oxygen atoms in total. The molecule has 5 N–H and O–H groups in total. The molecule has 2 aromatic carbocycles. The minimum atomic E-state index is -1.34. The first-order chi connectivity index (χ1) is 17.4. The van der Waals surface area contributed by atoms with E-state index < -0.39 is 47.9 Å². The number of nitrogens with two attached hydrogens (primary N) is 1. The zero-order valence-electron chi connectivity index (χ0n) is 21.3. The molecule has 10 heteroatoms. The van der Waals surface area contributed by atoms with Gasteiger partial charge in [0.15, 0.2) is 0 Å². The molecule has 0 radical (unpaired) electrons. The summed E-state index contributed by atoms with van der Waals surface area (Å²) >= 11 is 0. The number of primary amides is 1. The Labute approximate surface area is 216 Å². The number of hydrogen-bond acceptors (Lipinski definition) is 6.